The van der Waals surface area contributed by atoms with E-state index in [-0.39, 0.29) is 11.9 Å². The average molecular weight is 297 g/mol. The van der Waals surface area contributed by atoms with Crippen LogP contribution in [0.15, 0.2) is 29.5 Å². The van der Waals surface area contributed by atoms with E-state index < -0.39 is 0 Å². The highest BCUT2D eigenvalue weighted by Gasteiger charge is 2.35. The molecular formula is C17H19N3O2. The number of carbonyl (C=O) groups is 1. The number of hydrogen-bond acceptors (Lipinski definition) is 4. The van der Waals surface area contributed by atoms with Crippen molar-refractivity contribution in [2.75, 3.05) is 19.6 Å². The molecule has 2 bridgehead atoms. The first kappa shape index (κ1) is 13.5. The standard InChI is InChI=1S/C17H19N3O2/c1-2-11-10-22-16-8-18-14(7-13(11)16)17(21)19-15-9-20-5-3-12(15)4-6-20/h2,7-8,10,12,15H,1,3-6,9H2,(H,19,21)/t15-/m0/s1. The van der Waals surface area contributed by atoms with E-state index in [4.69, 9.17) is 4.42 Å². The predicted octanol–water partition coefficient (Wildman–Crippen LogP) is 2.29. The number of furan rings is 1. The Morgan fingerprint density at radius 1 is 1.45 bits per heavy atom. The summed E-state index contributed by atoms with van der Waals surface area (Å²) in [5.74, 6) is 0.507. The third-order valence-electron chi connectivity index (χ3n) is 4.92. The van der Waals surface area contributed by atoms with Crippen LogP contribution < -0.4 is 5.32 Å². The lowest BCUT2D eigenvalue weighted by molar-refractivity contribution is 0.0618. The summed E-state index contributed by atoms with van der Waals surface area (Å²) < 4.78 is 5.39. The van der Waals surface area contributed by atoms with Gasteiger partial charge < -0.3 is 14.6 Å². The molecule has 0 spiro atoms. The maximum absolute atomic E-state index is 12.5. The van der Waals surface area contributed by atoms with Crippen molar-refractivity contribution in [3.63, 3.8) is 0 Å². The van der Waals surface area contributed by atoms with Gasteiger partial charge in [-0.05, 0) is 37.9 Å². The van der Waals surface area contributed by atoms with Crippen molar-refractivity contribution in [1.29, 1.82) is 0 Å². The van der Waals surface area contributed by atoms with E-state index >= 15 is 0 Å². The predicted molar refractivity (Wildman–Crippen MR) is 84.5 cm³/mol. The number of nitrogens with zero attached hydrogens (tertiary/aromatic N) is 2. The summed E-state index contributed by atoms with van der Waals surface area (Å²) in [4.78, 5) is 19.2. The van der Waals surface area contributed by atoms with Crippen molar-refractivity contribution in [3.05, 3.63) is 36.4 Å². The van der Waals surface area contributed by atoms with Crippen LogP contribution in [0.3, 0.4) is 0 Å². The summed E-state index contributed by atoms with van der Waals surface area (Å²) in [6.07, 6.45) is 7.32. The van der Waals surface area contributed by atoms with Crippen LogP contribution in [0.5, 0.6) is 0 Å². The van der Waals surface area contributed by atoms with Crippen LogP contribution in [0.4, 0.5) is 0 Å². The number of carbonyl (C=O) groups excluding carboxylic acids is 1. The molecule has 5 nitrogen and oxygen atoms in total. The number of piperidine rings is 3. The van der Waals surface area contributed by atoms with Gasteiger partial charge in [0, 0.05) is 23.5 Å². The molecule has 3 saturated heterocycles. The molecule has 0 saturated carbocycles. The zero-order chi connectivity index (χ0) is 15.1. The molecule has 5 heteroatoms. The van der Waals surface area contributed by atoms with Gasteiger partial charge in [0.1, 0.15) is 5.69 Å². The lowest BCUT2D eigenvalue weighted by Crippen LogP contribution is -2.57. The Kier molecular flexibility index (Phi) is 3.22. The molecule has 1 N–H and O–H groups in total. The van der Waals surface area contributed by atoms with E-state index in [1.807, 2.05) is 0 Å². The molecule has 0 aliphatic carbocycles. The Labute approximate surface area is 129 Å². The minimum atomic E-state index is -0.100. The summed E-state index contributed by atoms with van der Waals surface area (Å²) in [5.41, 5.74) is 2.00. The van der Waals surface area contributed by atoms with Crippen molar-refractivity contribution in [1.82, 2.24) is 15.2 Å². The molecule has 1 amide bonds. The molecule has 0 aromatic carbocycles. The molecule has 22 heavy (non-hydrogen) atoms. The van der Waals surface area contributed by atoms with Gasteiger partial charge in [-0.2, -0.15) is 0 Å². The Morgan fingerprint density at radius 3 is 2.95 bits per heavy atom. The van der Waals surface area contributed by atoms with Gasteiger partial charge in [-0.3, -0.25) is 4.79 Å². The van der Waals surface area contributed by atoms with E-state index in [0.717, 1.165) is 17.5 Å². The fourth-order valence-electron chi connectivity index (χ4n) is 3.61. The summed E-state index contributed by atoms with van der Waals surface area (Å²) in [6, 6.07) is 2.03. The lowest BCUT2D eigenvalue weighted by Gasteiger charge is -2.44. The van der Waals surface area contributed by atoms with Gasteiger partial charge in [0.15, 0.2) is 5.58 Å². The van der Waals surface area contributed by atoms with Crippen molar-refractivity contribution >= 4 is 23.0 Å². The Balaban J connectivity index is 1.56. The smallest absolute Gasteiger partial charge is 0.270 e. The van der Waals surface area contributed by atoms with Crippen LogP contribution in [-0.2, 0) is 0 Å². The summed E-state index contributed by atoms with van der Waals surface area (Å²) >= 11 is 0. The third kappa shape index (κ3) is 2.22. The molecule has 114 valence electrons. The van der Waals surface area contributed by atoms with Gasteiger partial charge in [0.05, 0.1) is 12.5 Å². The first-order chi connectivity index (χ1) is 10.7. The minimum absolute atomic E-state index is 0.100. The molecule has 0 unspecified atom stereocenters. The van der Waals surface area contributed by atoms with Gasteiger partial charge in [-0.1, -0.05) is 12.7 Å². The fourth-order valence-corrected chi connectivity index (χ4v) is 3.61. The van der Waals surface area contributed by atoms with E-state index in [1.165, 1.54) is 25.9 Å². The van der Waals surface area contributed by atoms with Crippen LogP contribution in [0.1, 0.15) is 28.9 Å². The average Bonchev–Trinajstić information content (AvgIpc) is 2.98. The number of rotatable bonds is 3. The molecule has 2 aromatic rings. The van der Waals surface area contributed by atoms with E-state index in [2.05, 4.69) is 21.8 Å². The number of hydrogen-bond donors (Lipinski definition) is 1. The van der Waals surface area contributed by atoms with Crippen LogP contribution in [0.25, 0.3) is 17.0 Å². The number of amides is 1. The number of fused-ring (bicyclic) bond motifs is 4. The van der Waals surface area contributed by atoms with E-state index in [9.17, 15) is 4.79 Å². The Bertz CT molecular complexity index is 729. The zero-order valence-electron chi connectivity index (χ0n) is 12.4. The third-order valence-corrected chi connectivity index (χ3v) is 4.92. The van der Waals surface area contributed by atoms with E-state index in [1.54, 1.807) is 24.6 Å². The van der Waals surface area contributed by atoms with Gasteiger partial charge in [0.25, 0.3) is 5.91 Å². The normalized spacial score (nSPS) is 27.0. The summed E-state index contributed by atoms with van der Waals surface area (Å²) in [6.45, 7) is 7.05. The molecular weight excluding hydrogens is 278 g/mol. The van der Waals surface area contributed by atoms with Crippen molar-refractivity contribution in [2.45, 2.75) is 18.9 Å². The maximum atomic E-state index is 12.5. The Morgan fingerprint density at radius 2 is 2.27 bits per heavy atom. The molecule has 5 rings (SSSR count). The highest BCUT2D eigenvalue weighted by Crippen LogP contribution is 2.28. The highest BCUT2D eigenvalue weighted by molar-refractivity contribution is 5.97. The lowest BCUT2D eigenvalue weighted by atomic mass is 9.84. The van der Waals surface area contributed by atoms with Crippen LogP contribution in [0, 0.1) is 5.92 Å². The second-order valence-electron chi connectivity index (χ2n) is 6.18. The molecule has 3 aliphatic rings. The highest BCUT2D eigenvalue weighted by atomic mass is 16.3. The van der Waals surface area contributed by atoms with Crippen molar-refractivity contribution < 1.29 is 9.21 Å². The SMILES string of the molecule is C=Cc1coc2cnc(C(=O)N[C@H]3CN4CCC3CC4)cc12. The van der Waals surface area contributed by atoms with Crippen LogP contribution in [0.2, 0.25) is 0 Å². The maximum Gasteiger partial charge on any atom is 0.270 e. The molecule has 0 radical (unpaired) electrons. The van der Waals surface area contributed by atoms with Gasteiger partial charge in [-0.15, -0.1) is 0 Å². The largest absolute Gasteiger partial charge is 0.462 e. The quantitative estimate of drug-likeness (QED) is 0.944. The molecule has 3 fully saturated rings. The van der Waals surface area contributed by atoms with Crippen LogP contribution >= 0.6 is 0 Å². The van der Waals surface area contributed by atoms with E-state index in [0.29, 0.717) is 17.2 Å². The fraction of sp³-hybridized carbons (Fsp3) is 0.412. The number of aromatic nitrogens is 1. The number of nitrogens with one attached hydrogen (secondary N) is 1. The zero-order valence-corrected chi connectivity index (χ0v) is 12.4. The topological polar surface area (TPSA) is 58.4 Å². The van der Waals surface area contributed by atoms with Crippen molar-refractivity contribution in [3.8, 4) is 0 Å². The second-order valence-corrected chi connectivity index (χ2v) is 6.18. The summed E-state index contributed by atoms with van der Waals surface area (Å²) in [5, 5.41) is 4.04. The molecule has 5 heterocycles. The summed E-state index contributed by atoms with van der Waals surface area (Å²) in [7, 11) is 0. The van der Waals surface area contributed by atoms with Gasteiger partial charge >= 0.3 is 0 Å². The first-order valence-electron chi connectivity index (χ1n) is 7.77. The van der Waals surface area contributed by atoms with Gasteiger partial charge in [0.2, 0.25) is 0 Å². The first-order valence-corrected chi connectivity index (χ1v) is 7.77. The van der Waals surface area contributed by atoms with Crippen molar-refractivity contribution in [2.24, 2.45) is 5.92 Å². The molecule has 3 aliphatic heterocycles. The molecule has 2 aromatic heterocycles. The minimum Gasteiger partial charge on any atom is -0.462 e. The van der Waals surface area contributed by atoms with Gasteiger partial charge in [-0.25, -0.2) is 4.98 Å². The number of pyridine rings is 1. The monoisotopic (exact) mass is 297 g/mol. The molecule has 1 atom stereocenters. The Hall–Kier alpha value is -2.14. The van der Waals surface area contributed by atoms with Crippen LogP contribution in [-0.4, -0.2) is 41.5 Å². The second kappa shape index (κ2) is 5.25.